The fourth-order valence-electron chi connectivity index (χ4n) is 2.23. The van der Waals surface area contributed by atoms with Crippen LogP contribution in [-0.2, 0) is 4.74 Å². The normalized spacial score (nSPS) is 12.6. The number of esters is 1. The van der Waals surface area contributed by atoms with Crippen LogP contribution in [-0.4, -0.2) is 31.6 Å². The van der Waals surface area contributed by atoms with E-state index in [1.165, 1.54) is 12.1 Å². The average Bonchev–Trinajstić information content (AvgIpc) is 2.61. The van der Waals surface area contributed by atoms with Gasteiger partial charge in [-0.25, -0.2) is 13.6 Å². The van der Waals surface area contributed by atoms with Crippen molar-refractivity contribution in [1.29, 1.82) is 0 Å². The highest BCUT2D eigenvalue weighted by Gasteiger charge is 2.21. The number of Topliss-reactive ketones (excluding diaryl/α,β-unsaturated/α-hetero) is 1. The van der Waals surface area contributed by atoms with Crippen LogP contribution in [0.5, 0.6) is 11.5 Å². The number of rotatable bonds is 4. The zero-order valence-electron chi connectivity index (χ0n) is 12.7. The van der Waals surface area contributed by atoms with Gasteiger partial charge in [0, 0.05) is 0 Å². The highest BCUT2D eigenvalue weighted by molar-refractivity contribution is 6.32. The third-order valence-corrected chi connectivity index (χ3v) is 3.68. The molecule has 1 heterocycles. The van der Waals surface area contributed by atoms with Crippen molar-refractivity contribution in [1.82, 2.24) is 0 Å². The molecule has 1 aliphatic rings. The second-order valence-corrected chi connectivity index (χ2v) is 5.51. The molecule has 0 saturated heterocycles. The molecule has 25 heavy (non-hydrogen) atoms. The summed E-state index contributed by atoms with van der Waals surface area (Å²) in [5.74, 6) is -2.78. The molecule has 0 saturated carbocycles. The van der Waals surface area contributed by atoms with E-state index in [0.29, 0.717) is 19.0 Å². The molecule has 0 unspecified atom stereocenters. The van der Waals surface area contributed by atoms with Gasteiger partial charge in [0.25, 0.3) is 0 Å². The van der Waals surface area contributed by atoms with Gasteiger partial charge >= 0.3 is 5.97 Å². The van der Waals surface area contributed by atoms with Crippen molar-refractivity contribution in [3.8, 4) is 11.5 Å². The van der Waals surface area contributed by atoms with Crippen molar-refractivity contribution in [3.05, 3.63) is 58.1 Å². The number of halogens is 3. The van der Waals surface area contributed by atoms with E-state index in [9.17, 15) is 18.4 Å². The summed E-state index contributed by atoms with van der Waals surface area (Å²) in [6, 6.07) is 5.13. The standard InChI is InChI=1S/C17H11ClF2O5/c18-12-5-9(6-15-16(12)24-4-3-23-15)17(22)25-8-14(21)11-7-10(19)1-2-13(11)20/h1-2,5-7H,3-4,8H2. The second kappa shape index (κ2) is 7.06. The zero-order chi connectivity index (χ0) is 18.0. The van der Waals surface area contributed by atoms with Crippen molar-refractivity contribution >= 4 is 23.4 Å². The van der Waals surface area contributed by atoms with Crippen LogP contribution in [0.4, 0.5) is 8.78 Å². The molecular formula is C17H11ClF2O5. The average molecular weight is 369 g/mol. The van der Waals surface area contributed by atoms with Crippen molar-refractivity contribution in [3.63, 3.8) is 0 Å². The van der Waals surface area contributed by atoms with Crippen LogP contribution in [0.1, 0.15) is 20.7 Å². The molecule has 8 heteroatoms. The minimum absolute atomic E-state index is 0.0433. The number of ketones is 1. The van der Waals surface area contributed by atoms with Gasteiger partial charge in [0.2, 0.25) is 5.78 Å². The maximum Gasteiger partial charge on any atom is 0.338 e. The Morgan fingerprint density at radius 2 is 1.88 bits per heavy atom. The molecule has 0 aromatic heterocycles. The summed E-state index contributed by atoms with van der Waals surface area (Å²) in [5.41, 5.74) is -0.449. The maximum absolute atomic E-state index is 13.5. The summed E-state index contributed by atoms with van der Waals surface area (Å²) in [6.07, 6.45) is 0. The molecular weight excluding hydrogens is 358 g/mol. The largest absolute Gasteiger partial charge is 0.486 e. The molecule has 0 spiro atoms. The van der Waals surface area contributed by atoms with Crippen LogP contribution in [0.3, 0.4) is 0 Å². The third kappa shape index (κ3) is 3.71. The maximum atomic E-state index is 13.5. The molecule has 0 fully saturated rings. The topological polar surface area (TPSA) is 61.8 Å². The number of fused-ring (bicyclic) bond motifs is 1. The summed E-state index contributed by atoms with van der Waals surface area (Å²) in [6.45, 7) is -0.103. The van der Waals surface area contributed by atoms with Gasteiger partial charge in [0.05, 0.1) is 16.1 Å². The summed E-state index contributed by atoms with van der Waals surface area (Å²) in [7, 11) is 0. The SMILES string of the molecule is O=C(OCC(=O)c1cc(F)ccc1F)c1cc(Cl)c2c(c1)OCCO2. The Kier molecular flexibility index (Phi) is 4.85. The Bertz CT molecular complexity index is 853. The number of hydrogen-bond acceptors (Lipinski definition) is 5. The molecule has 2 aromatic carbocycles. The van der Waals surface area contributed by atoms with Gasteiger partial charge in [-0.1, -0.05) is 11.6 Å². The molecule has 1 aliphatic heterocycles. The Balaban J connectivity index is 1.71. The smallest absolute Gasteiger partial charge is 0.338 e. The van der Waals surface area contributed by atoms with E-state index in [0.717, 1.165) is 18.2 Å². The number of hydrogen-bond donors (Lipinski definition) is 0. The predicted octanol–water partition coefficient (Wildman–Crippen LogP) is 3.43. The number of ether oxygens (including phenoxy) is 3. The van der Waals surface area contributed by atoms with Crippen LogP contribution in [0.15, 0.2) is 30.3 Å². The van der Waals surface area contributed by atoms with Crippen molar-refractivity contribution in [2.24, 2.45) is 0 Å². The molecule has 5 nitrogen and oxygen atoms in total. The first kappa shape index (κ1) is 17.2. The van der Waals surface area contributed by atoms with Crippen LogP contribution in [0, 0.1) is 11.6 Å². The van der Waals surface area contributed by atoms with E-state index in [1.54, 1.807) is 0 Å². The molecule has 3 rings (SSSR count). The highest BCUT2D eigenvalue weighted by Crippen LogP contribution is 2.38. The van der Waals surface area contributed by atoms with Gasteiger partial charge in [-0.15, -0.1) is 0 Å². The van der Waals surface area contributed by atoms with E-state index in [-0.39, 0.29) is 16.3 Å². The predicted molar refractivity (Wildman–Crippen MR) is 83.4 cm³/mol. The minimum atomic E-state index is -0.898. The molecule has 0 radical (unpaired) electrons. The minimum Gasteiger partial charge on any atom is -0.486 e. The number of carbonyl (C=O) groups excluding carboxylic acids is 2. The molecule has 0 atom stereocenters. The Hall–Kier alpha value is -2.67. The monoisotopic (exact) mass is 368 g/mol. The molecule has 0 N–H and O–H groups in total. The van der Waals surface area contributed by atoms with E-state index in [4.69, 9.17) is 25.8 Å². The second-order valence-electron chi connectivity index (χ2n) is 5.11. The zero-order valence-corrected chi connectivity index (χ0v) is 13.4. The van der Waals surface area contributed by atoms with Gasteiger partial charge in [0.1, 0.15) is 24.8 Å². The summed E-state index contributed by atoms with van der Waals surface area (Å²) in [5, 5.41) is 0.159. The Morgan fingerprint density at radius 1 is 1.12 bits per heavy atom. The van der Waals surface area contributed by atoms with Gasteiger partial charge < -0.3 is 14.2 Å². The summed E-state index contributed by atoms with van der Waals surface area (Å²) < 4.78 is 42.2. The quantitative estimate of drug-likeness (QED) is 0.611. The Labute approximate surface area is 146 Å². The molecule has 0 aliphatic carbocycles. The van der Waals surface area contributed by atoms with E-state index < -0.39 is 35.6 Å². The van der Waals surface area contributed by atoms with Crippen molar-refractivity contribution < 1.29 is 32.6 Å². The summed E-state index contributed by atoms with van der Waals surface area (Å²) >= 11 is 6.02. The van der Waals surface area contributed by atoms with Gasteiger partial charge in [0.15, 0.2) is 18.1 Å². The first-order valence-corrected chi connectivity index (χ1v) is 7.58. The van der Waals surface area contributed by atoms with Crippen LogP contribution >= 0.6 is 11.6 Å². The fraction of sp³-hybridized carbons (Fsp3) is 0.176. The lowest BCUT2D eigenvalue weighted by atomic mass is 10.1. The third-order valence-electron chi connectivity index (χ3n) is 3.40. The van der Waals surface area contributed by atoms with Gasteiger partial charge in [-0.05, 0) is 30.3 Å². The number of benzene rings is 2. The Morgan fingerprint density at radius 3 is 2.68 bits per heavy atom. The van der Waals surface area contributed by atoms with Crippen LogP contribution < -0.4 is 9.47 Å². The summed E-state index contributed by atoms with van der Waals surface area (Å²) in [4.78, 5) is 24.0. The van der Waals surface area contributed by atoms with Crippen molar-refractivity contribution in [2.45, 2.75) is 0 Å². The number of carbonyl (C=O) groups is 2. The molecule has 0 bridgehead atoms. The van der Waals surface area contributed by atoms with Gasteiger partial charge in [-0.3, -0.25) is 4.79 Å². The molecule has 0 amide bonds. The first-order valence-electron chi connectivity index (χ1n) is 7.20. The van der Waals surface area contributed by atoms with Crippen LogP contribution in [0.2, 0.25) is 5.02 Å². The molecule has 130 valence electrons. The lowest BCUT2D eigenvalue weighted by Crippen LogP contribution is -2.18. The van der Waals surface area contributed by atoms with Crippen LogP contribution in [0.25, 0.3) is 0 Å². The first-order chi connectivity index (χ1) is 12.0. The van der Waals surface area contributed by atoms with E-state index in [1.807, 2.05) is 0 Å². The lowest BCUT2D eigenvalue weighted by Gasteiger charge is -2.19. The fourth-order valence-corrected chi connectivity index (χ4v) is 2.50. The lowest BCUT2D eigenvalue weighted by molar-refractivity contribution is 0.0472. The van der Waals surface area contributed by atoms with E-state index >= 15 is 0 Å². The van der Waals surface area contributed by atoms with E-state index in [2.05, 4.69) is 0 Å². The van der Waals surface area contributed by atoms with Gasteiger partial charge in [-0.2, -0.15) is 0 Å². The highest BCUT2D eigenvalue weighted by atomic mass is 35.5. The molecule has 2 aromatic rings. The van der Waals surface area contributed by atoms with Crippen molar-refractivity contribution in [2.75, 3.05) is 19.8 Å².